The quantitative estimate of drug-likeness (QED) is 0.789. The van der Waals surface area contributed by atoms with E-state index in [0.717, 1.165) is 5.56 Å². The van der Waals surface area contributed by atoms with Crippen molar-refractivity contribution in [1.82, 2.24) is 10.2 Å². The molecule has 5 heteroatoms. The van der Waals surface area contributed by atoms with Crippen LogP contribution in [0.1, 0.15) is 22.8 Å². The van der Waals surface area contributed by atoms with Gasteiger partial charge in [0, 0.05) is 18.9 Å². The smallest absolute Gasteiger partial charge is 0.168 e. The zero-order valence-corrected chi connectivity index (χ0v) is 10.4. The topological polar surface area (TPSA) is 61.8 Å². The van der Waals surface area contributed by atoms with E-state index in [1.807, 2.05) is 19.3 Å². The van der Waals surface area contributed by atoms with Crippen molar-refractivity contribution in [3.05, 3.63) is 35.7 Å². The highest BCUT2D eigenvalue weighted by molar-refractivity contribution is 5.81. The van der Waals surface area contributed by atoms with E-state index in [2.05, 4.69) is 10.2 Å². The molecule has 5 nitrogen and oxygen atoms in total. The zero-order chi connectivity index (χ0) is 13.1. The summed E-state index contributed by atoms with van der Waals surface area (Å²) in [6, 6.07) is 3.41. The lowest BCUT2D eigenvalue weighted by atomic mass is 10.1. The third kappa shape index (κ3) is 2.25. The molecule has 2 rings (SSSR count). The molecular formula is C13H16N2O3. The monoisotopic (exact) mass is 248 g/mol. The fourth-order valence-corrected chi connectivity index (χ4v) is 1.93. The van der Waals surface area contributed by atoms with Gasteiger partial charge in [0.05, 0.1) is 18.8 Å². The summed E-state index contributed by atoms with van der Waals surface area (Å²) in [6.07, 6.45) is 4.67. The first kappa shape index (κ1) is 12.3. The highest BCUT2D eigenvalue weighted by atomic mass is 16.5. The summed E-state index contributed by atoms with van der Waals surface area (Å²) in [6.45, 7) is 2.68. The highest BCUT2D eigenvalue weighted by Gasteiger charge is 2.16. The van der Waals surface area contributed by atoms with Crippen LogP contribution in [0.25, 0.3) is 0 Å². The number of hydrogen-bond acceptors (Lipinski definition) is 5. The Bertz CT molecular complexity index is 485. The number of nitrogens with zero attached hydrogens (tertiary/aromatic N) is 1. The Morgan fingerprint density at radius 2 is 2.33 bits per heavy atom. The molecule has 1 aromatic rings. The minimum atomic E-state index is -0.112. The van der Waals surface area contributed by atoms with Crippen LogP contribution in [0, 0.1) is 0 Å². The van der Waals surface area contributed by atoms with Gasteiger partial charge in [-0.3, -0.25) is 4.79 Å². The molecule has 0 amide bonds. The molecule has 0 aromatic heterocycles. The Balaban J connectivity index is 2.27. The minimum Gasteiger partial charge on any atom is -0.504 e. The Labute approximate surface area is 106 Å². The summed E-state index contributed by atoms with van der Waals surface area (Å²) in [7, 11) is 1.47. The van der Waals surface area contributed by atoms with Gasteiger partial charge in [0.1, 0.15) is 0 Å². The molecule has 0 fully saturated rings. The molecule has 18 heavy (non-hydrogen) atoms. The van der Waals surface area contributed by atoms with Crippen LogP contribution in [0.4, 0.5) is 0 Å². The summed E-state index contributed by atoms with van der Waals surface area (Å²) >= 11 is 0. The van der Waals surface area contributed by atoms with Gasteiger partial charge in [-0.15, -0.1) is 0 Å². The van der Waals surface area contributed by atoms with Crippen molar-refractivity contribution < 1.29 is 14.6 Å². The normalized spacial score (nSPS) is 17.7. The number of hydrogen-bond donors (Lipinski definition) is 2. The van der Waals surface area contributed by atoms with Crippen LogP contribution >= 0.6 is 0 Å². The molecular weight excluding hydrogens is 232 g/mol. The SMILES string of the molecule is COc1cc(CN2C=CNC2C)cc(C=O)c1O. The first-order valence-electron chi connectivity index (χ1n) is 5.69. The lowest BCUT2D eigenvalue weighted by Crippen LogP contribution is -2.31. The predicted octanol–water partition coefficient (Wildman–Crippen LogP) is 1.44. The Morgan fingerprint density at radius 1 is 1.56 bits per heavy atom. The highest BCUT2D eigenvalue weighted by Crippen LogP contribution is 2.31. The van der Waals surface area contributed by atoms with E-state index in [9.17, 15) is 9.90 Å². The second-order valence-corrected chi connectivity index (χ2v) is 4.18. The maximum absolute atomic E-state index is 10.9. The lowest BCUT2D eigenvalue weighted by molar-refractivity contribution is 0.112. The fraction of sp³-hybridized carbons (Fsp3) is 0.308. The maximum Gasteiger partial charge on any atom is 0.168 e. The number of nitrogens with one attached hydrogen (secondary N) is 1. The predicted molar refractivity (Wildman–Crippen MR) is 67.3 cm³/mol. The molecule has 96 valence electrons. The first-order chi connectivity index (χ1) is 8.65. The van der Waals surface area contributed by atoms with E-state index >= 15 is 0 Å². The van der Waals surface area contributed by atoms with Crippen LogP contribution in [0.3, 0.4) is 0 Å². The standard InChI is InChI=1S/C13H16N2O3/c1-9-14-3-4-15(9)7-10-5-11(8-16)13(17)12(6-10)18-2/h3-6,8-9,14,17H,7H2,1-2H3. The van der Waals surface area contributed by atoms with Gasteiger partial charge >= 0.3 is 0 Å². The van der Waals surface area contributed by atoms with Gasteiger partial charge in [0.2, 0.25) is 0 Å². The van der Waals surface area contributed by atoms with Gasteiger partial charge in [-0.2, -0.15) is 0 Å². The maximum atomic E-state index is 10.9. The molecule has 0 spiro atoms. The molecule has 0 saturated heterocycles. The van der Waals surface area contributed by atoms with Crippen molar-refractivity contribution in [1.29, 1.82) is 0 Å². The second-order valence-electron chi connectivity index (χ2n) is 4.18. The summed E-state index contributed by atoms with van der Waals surface area (Å²) in [5.74, 6) is 0.206. The molecule has 1 aliphatic heterocycles. The van der Waals surface area contributed by atoms with Gasteiger partial charge in [-0.05, 0) is 24.6 Å². The molecule has 1 aromatic carbocycles. The number of benzene rings is 1. The van der Waals surface area contributed by atoms with Crippen LogP contribution in [0.5, 0.6) is 11.5 Å². The molecule has 1 aliphatic rings. The third-order valence-corrected chi connectivity index (χ3v) is 2.98. The van der Waals surface area contributed by atoms with Crippen LogP contribution in [-0.4, -0.2) is 29.6 Å². The lowest BCUT2D eigenvalue weighted by Gasteiger charge is -2.22. The molecule has 0 aliphatic carbocycles. The van der Waals surface area contributed by atoms with Gasteiger partial charge in [0.25, 0.3) is 0 Å². The number of aromatic hydroxyl groups is 1. The van der Waals surface area contributed by atoms with E-state index < -0.39 is 0 Å². The largest absolute Gasteiger partial charge is 0.504 e. The van der Waals surface area contributed by atoms with Crippen molar-refractivity contribution in [2.75, 3.05) is 7.11 Å². The van der Waals surface area contributed by atoms with Gasteiger partial charge in [-0.1, -0.05) is 0 Å². The first-order valence-corrected chi connectivity index (χ1v) is 5.69. The molecule has 0 radical (unpaired) electrons. The Kier molecular flexibility index (Phi) is 3.41. The summed E-state index contributed by atoms with van der Waals surface area (Å²) in [5.41, 5.74) is 1.15. The molecule has 1 unspecified atom stereocenters. The van der Waals surface area contributed by atoms with Crippen LogP contribution < -0.4 is 10.1 Å². The molecule has 1 atom stereocenters. The third-order valence-electron chi connectivity index (χ3n) is 2.98. The molecule has 2 N–H and O–H groups in total. The zero-order valence-electron chi connectivity index (χ0n) is 10.4. The minimum absolute atomic E-state index is 0.112. The van der Waals surface area contributed by atoms with E-state index in [1.54, 1.807) is 12.1 Å². The average molecular weight is 248 g/mol. The van der Waals surface area contributed by atoms with Gasteiger partial charge in [0.15, 0.2) is 17.8 Å². The number of rotatable bonds is 4. The molecule has 0 bridgehead atoms. The Hall–Kier alpha value is -2.17. The van der Waals surface area contributed by atoms with Crippen molar-refractivity contribution in [2.45, 2.75) is 19.6 Å². The number of phenolic OH excluding ortho intramolecular Hbond substituents is 1. The van der Waals surface area contributed by atoms with Crippen molar-refractivity contribution >= 4 is 6.29 Å². The van der Waals surface area contributed by atoms with E-state index in [-0.39, 0.29) is 17.5 Å². The van der Waals surface area contributed by atoms with Crippen molar-refractivity contribution in [3.8, 4) is 11.5 Å². The van der Waals surface area contributed by atoms with Gasteiger partial charge < -0.3 is 20.1 Å². The van der Waals surface area contributed by atoms with Crippen LogP contribution in [0.15, 0.2) is 24.5 Å². The van der Waals surface area contributed by atoms with Crippen molar-refractivity contribution in [3.63, 3.8) is 0 Å². The number of carbonyl (C=O) groups is 1. The molecule has 0 saturated carbocycles. The number of carbonyl (C=O) groups excluding carboxylic acids is 1. The second kappa shape index (κ2) is 5.00. The van der Waals surface area contributed by atoms with E-state index in [0.29, 0.717) is 18.6 Å². The molecule has 1 heterocycles. The fourth-order valence-electron chi connectivity index (χ4n) is 1.93. The number of phenols is 1. The van der Waals surface area contributed by atoms with Crippen molar-refractivity contribution in [2.24, 2.45) is 0 Å². The number of ether oxygens (including phenoxy) is 1. The van der Waals surface area contributed by atoms with E-state index in [4.69, 9.17) is 4.74 Å². The Morgan fingerprint density at radius 3 is 2.89 bits per heavy atom. The summed E-state index contributed by atoms with van der Waals surface area (Å²) in [4.78, 5) is 13.0. The van der Waals surface area contributed by atoms with Gasteiger partial charge in [-0.25, -0.2) is 0 Å². The van der Waals surface area contributed by atoms with E-state index in [1.165, 1.54) is 7.11 Å². The summed E-state index contributed by atoms with van der Waals surface area (Å²) < 4.78 is 5.06. The number of methoxy groups -OCH3 is 1. The van der Waals surface area contributed by atoms with Crippen LogP contribution in [-0.2, 0) is 6.54 Å². The van der Waals surface area contributed by atoms with Crippen LogP contribution in [0.2, 0.25) is 0 Å². The average Bonchev–Trinajstić information content (AvgIpc) is 2.77. The summed E-state index contributed by atoms with van der Waals surface area (Å²) in [5, 5.41) is 12.9. The number of aldehydes is 1.